The van der Waals surface area contributed by atoms with Crippen LogP contribution in [-0.4, -0.2) is 37.6 Å². The second-order valence-electron chi connectivity index (χ2n) is 8.47. The van der Waals surface area contributed by atoms with Gasteiger partial charge in [-0.3, -0.25) is 0 Å². The minimum absolute atomic E-state index is 0.104. The number of halogens is 2. The fourth-order valence-corrected chi connectivity index (χ4v) is 6.52. The molecule has 0 radical (unpaired) electrons. The summed E-state index contributed by atoms with van der Waals surface area (Å²) in [5.41, 5.74) is 2.71. The summed E-state index contributed by atoms with van der Waals surface area (Å²) >= 11 is 6.17. The number of alkyl halides is 1. The zero-order valence-corrected chi connectivity index (χ0v) is 19.6. The van der Waals surface area contributed by atoms with Crippen LogP contribution in [0.25, 0.3) is 10.9 Å². The van der Waals surface area contributed by atoms with Crippen LogP contribution in [0.2, 0.25) is 5.02 Å². The molecule has 0 saturated heterocycles. The maximum absolute atomic E-state index is 17.1. The molecule has 4 aromatic rings. The average molecular weight is 489 g/mol. The van der Waals surface area contributed by atoms with Crippen molar-refractivity contribution in [1.29, 1.82) is 0 Å². The summed E-state index contributed by atoms with van der Waals surface area (Å²) in [6, 6.07) is 13.1. The summed E-state index contributed by atoms with van der Waals surface area (Å²) in [5, 5.41) is 2.47. The van der Waals surface area contributed by atoms with Crippen molar-refractivity contribution in [2.75, 3.05) is 19.0 Å². The van der Waals surface area contributed by atoms with E-state index in [1.807, 2.05) is 12.1 Å². The van der Waals surface area contributed by atoms with Gasteiger partial charge in [-0.1, -0.05) is 29.8 Å². The van der Waals surface area contributed by atoms with Crippen molar-refractivity contribution in [3.05, 3.63) is 70.7 Å². The Bertz CT molecular complexity index is 1430. The number of rotatable bonds is 5. The van der Waals surface area contributed by atoms with E-state index < -0.39 is 26.6 Å². The zero-order chi connectivity index (χ0) is 23.4. The average Bonchev–Trinajstić information content (AvgIpc) is 3.44. The lowest BCUT2D eigenvalue weighted by molar-refractivity contribution is 0.113. The molecule has 7 nitrogen and oxygen atoms in total. The molecule has 2 aromatic heterocycles. The van der Waals surface area contributed by atoms with Crippen LogP contribution in [0.1, 0.15) is 23.6 Å². The summed E-state index contributed by atoms with van der Waals surface area (Å²) in [5.74, 6) is -1.39. The van der Waals surface area contributed by atoms with Gasteiger partial charge >= 0.3 is 0 Å². The summed E-state index contributed by atoms with van der Waals surface area (Å²) in [6.07, 6.45) is 0.948. The van der Waals surface area contributed by atoms with Crippen LogP contribution in [0.4, 0.5) is 10.3 Å². The zero-order valence-electron chi connectivity index (χ0n) is 18.0. The van der Waals surface area contributed by atoms with Gasteiger partial charge in [0.1, 0.15) is 0 Å². The molecule has 5 rings (SSSR count). The number of hydrogen-bond donors (Lipinski definition) is 1. The van der Waals surface area contributed by atoms with Gasteiger partial charge < -0.3 is 14.4 Å². The number of H-pyrrole nitrogens is 1. The molecule has 33 heavy (non-hydrogen) atoms. The van der Waals surface area contributed by atoms with Gasteiger partial charge in [-0.15, -0.1) is 0 Å². The second kappa shape index (κ2) is 7.85. The van der Waals surface area contributed by atoms with Crippen LogP contribution in [0.5, 0.6) is 0 Å². The van der Waals surface area contributed by atoms with Crippen LogP contribution in [-0.2, 0) is 27.7 Å². The van der Waals surface area contributed by atoms with E-state index in [9.17, 15) is 8.42 Å². The van der Waals surface area contributed by atoms with Crippen molar-refractivity contribution in [2.24, 2.45) is 5.92 Å². The molecule has 10 heteroatoms. The van der Waals surface area contributed by atoms with Gasteiger partial charge in [0.05, 0.1) is 4.90 Å². The highest BCUT2D eigenvalue weighted by atomic mass is 35.5. The van der Waals surface area contributed by atoms with Crippen LogP contribution < -0.4 is 4.90 Å². The van der Waals surface area contributed by atoms with E-state index in [-0.39, 0.29) is 23.7 Å². The number of aromatic amines is 1. The van der Waals surface area contributed by atoms with E-state index in [1.165, 1.54) is 17.0 Å². The van der Waals surface area contributed by atoms with E-state index in [2.05, 4.69) is 15.1 Å². The monoisotopic (exact) mass is 488 g/mol. The van der Waals surface area contributed by atoms with Crippen LogP contribution in [0, 0.1) is 5.92 Å². The van der Waals surface area contributed by atoms with E-state index in [0.717, 1.165) is 22.2 Å². The first kappa shape index (κ1) is 21.9. The summed E-state index contributed by atoms with van der Waals surface area (Å²) < 4.78 is 49.8. The van der Waals surface area contributed by atoms with Crippen LogP contribution in [0.3, 0.4) is 0 Å². The Balaban J connectivity index is 1.64. The topological polar surface area (TPSA) is 92.1 Å². The standard InChI is InChI=1S/C23H22ClFN4O3S/c1-29(2)22-27-21(32-28-22)23(25,33(30,31)16-6-4-3-5-7-16)14-8-10-17-18-13-15(24)9-11-19(18)26-20(17)12-14/h3-7,9,11,13-14,26H,8,10,12H2,1-2H3. The number of aromatic nitrogens is 3. The van der Waals surface area contributed by atoms with Gasteiger partial charge in [0, 0.05) is 41.6 Å². The minimum Gasteiger partial charge on any atom is -0.358 e. The van der Waals surface area contributed by atoms with E-state index in [0.29, 0.717) is 11.4 Å². The summed E-state index contributed by atoms with van der Waals surface area (Å²) in [4.78, 5) is 8.84. The molecule has 0 amide bonds. The van der Waals surface area contributed by atoms with Gasteiger partial charge in [-0.05, 0) is 60.3 Å². The number of hydrogen-bond acceptors (Lipinski definition) is 6. The molecule has 1 aliphatic carbocycles. The van der Waals surface area contributed by atoms with Gasteiger partial charge in [0.15, 0.2) is 0 Å². The van der Waals surface area contributed by atoms with E-state index in [1.54, 1.807) is 38.4 Å². The molecule has 0 spiro atoms. The minimum atomic E-state index is -4.52. The number of fused-ring (bicyclic) bond motifs is 3. The van der Waals surface area contributed by atoms with Crippen LogP contribution >= 0.6 is 11.6 Å². The largest absolute Gasteiger partial charge is 0.358 e. The third-order valence-corrected chi connectivity index (χ3v) is 8.64. The third-order valence-electron chi connectivity index (χ3n) is 6.23. The van der Waals surface area contributed by atoms with E-state index in [4.69, 9.17) is 16.1 Å². The molecule has 172 valence electrons. The maximum Gasteiger partial charge on any atom is 0.295 e. The van der Waals surface area contributed by atoms with Crippen molar-refractivity contribution in [3.63, 3.8) is 0 Å². The highest BCUT2D eigenvalue weighted by Crippen LogP contribution is 2.48. The molecule has 2 atom stereocenters. The molecule has 2 aromatic carbocycles. The summed E-state index contributed by atoms with van der Waals surface area (Å²) in [6.45, 7) is 0. The molecular formula is C23H22ClFN4O3S. The quantitative estimate of drug-likeness (QED) is 0.439. The molecule has 1 N–H and O–H groups in total. The van der Waals surface area contributed by atoms with Crippen molar-refractivity contribution in [3.8, 4) is 0 Å². The van der Waals surface area contributed by atoms with Gasteiger partial charge in [-0.2, -0.15) is 4.98 Å². The van der Waals surface area contributed by atoms with Crippen molar-refractivity contribution < 1.29 is 17.3 Å². The highest BCUT2D eigenvalue weighted by Gasteiger charge is 2.58. The fraction of sp³-hybridized carbons (Fsp3) is 0.304. The van der Waals surface area contributed by atoms with Crippen molar-refractivity contribution in [1.82, 2.24) is 15.1 Å². The Morgan fingerprint density at radius 2 is 1.97 bits per heavy atom. The first-order valence-corrected chi connectivity index (χ1v) is 12.4. The Labute approximate surface area is 195 Å². The molecule has 1 aliphatic rings. The number of sulfone groups is 1. The third kappa shape index (κ3) is 3.41. The van der Waals surface area contributed by atoms with Crippen molar-refractivity contribution in [2.45, 2.75) is 29.2 Å². The number of nitrogens with one attached hydrogen (secondary N) is 1. The number of benzene rings is 2. The Morgan fingerprint density at radius 3 is 2.67 bits per heavy atom. The SMILES string of the molecule is CN(C)c1noc(C(F)(C2CCc3c([nH]c4ccc(Cl)cc34)C2)S(=O)(=O)c2ccccc2)n1. The lowest BCUT2D eigenvalue weighted by Crippen LogP contribution is -2.42. The van der Waals surface area contributed by atoms with Gasteiger partial charge in [0.25, 0.3) is 16.8 Å². The molecule has 2 unspecified atom stereocenters. The first-order chi connectivity index (χ1) is 15.7. The lowest BCUT2D eigenvalue weighted by atomic mass is 9.83. The van der Waals surface area contributed by atoms with Gasteiger partial charge in [-0.25, -0.2) is 12.8 Å². The maximum atomic E-state index is 17.1. The number of nitrogens with zero attached hydrogens (tertiary/aromatic N) is 3. The Hall–Kier alpha value is -2.91. The number of aryl methyl sites for hydroxylation is 1. The fourth-order valence-electron chi connectivity index (χ4n) is 4.54. The second-order valence-corrected chi connectivity index (χ2v) is 11.0. The lowest BCUT2D eigenvalue weighted by Gasteiger charge is -2.33. The highest BCUT2D eigenvalue weighted by molar-refractivity contribution is 7.92. The molecular weight excluding hydrogens is 467 g/mol. The smallest absolute Gasteiger partial charge is 0.295 e. The normalized spacial score (nSPS) is 18.1. The van der Waals surface area contributed by atoms with Crippen LogP contribution in [0.15, 0.2) is 57.9 Å². The molecule has 2 heterocycles. The predicted octanol–water partition coefficient (Wildman–Crippen LogP) is 4.67. The number of anilines is 1. The van der Waals surface area contributed by atoms with E-state index >= 15 is 4.39 Å². The summed E-state index contributed by atoms with van der Waals surface area (Å²) in [7, 11) is -1.18. The van der Waals surface area contributed by atoms with Gasteiger partial charge in [0.2, 0.25) is 9.84 Å². The molecule has 0 bridgehead atoms. The van der Waals surface area contributed by atoms with Crippen molar-refractivity contribution >= 4 is 38.3 Å². The molecule has 0 fully saturated rings. The predicted molar refractivity (Wildman–Crippen MR) is 124 cm³/mol. The Morgan fingerprint density at radius 1 is 1.21 bits per heavy atom. The molecule has 0 aliphatic heterocycles. The Kier molecular flexibility index (Phi) is 5.21. The first-order valence-electron chi connectivity index (χ1n) is 10.5. The molecule has 0 saturated carbocycles.